The van der Waals surface area contributed by atoms with Gasteiger partial charge >= 0.3 is 0 Å². The first kappa shape index (κ1) is 17.8. The van der Waals surface area contributed by atoms with Gasteiger partial charge < -0.3 is 20.5 Å². The Labute approximate surface area is 171 Å². The Bertz CT molecular complexity index is 1160. The van der Waals surface area contributed by atoms with E-state index in [1.54, 1.807) is 17.8 Å². The highest BCUT2D eigenvalue weighted by molar-refractivity contribution is 7.13. The van der Waals surface area contributed by atoms with Gasteiger partial charge in [-0.05, 0) is 30.3 Å². The van der Waals surface area contributed by atoms with Gasteiger partial charge in [-0.3, -0.25) is 9.78 Å². The van der Waals surface area contributed by atoms with E-state index in [4.69, 9.17) is 0 Å². The minimum atomic E-state index is -0.223. The Morgan fingerprint density at radius 3 is 2.97 bits per heavy atom. The summed E-state index contributed by atoms with van der Waals surface area (Å²) >= 11 is 1.47. The van der Waals surface area contributed by atoms with E-state index < -0.39 is 0 Å². The maximum absolute atomic E-state index is 12.8. The van der Waals surface area contributed by atoms with Gasteiger partial charge in [0.25, 0.3) is 5.91 Å². The standard InChI is InChI=1S/C21H20N6OS/c28-20(25-17-12-23-5-4-19(17)27-9-7-22-8-10-27)18-13-29-21(26-18)15-1-2-16-14(11-15)3-6-24-16/h1-6,11-13,22,24H,7-10H2,(H,25,28). The number of nitrogens with one attached hydrogen (secondary N) is 3. The topological polar surface area (TPSA) is 85.9 Å². The molecule has 1 fully saturated rings. The number of aromatic amines is 1. The van der Waals surface area contributed by atoms with E-state index in [0.29, 0.717) is 11.4 Å². The Morgan fingerprint density at radius 2 is 2.07 bits per heavy atom. The highest BCUT2D eigenvalue weighted by Gasteiger charge is 2.18. The van der Waals surface area contributed by atoms with E-state index in [-0.39, 0.29) is 5.91 Å². The smallest absolute Gasteiger partial charge is 0.275 e. The second kappa shape index (κ2) is 7.65. The van der Waals surface area contributed by atoms with E-state index in [1.807, 2.05) is 30.5 Å². The quantitative estimate of drug-likeness (QED) is 0.486. The molecule has 4 heterocycles. The zero-order chi connectivity index (χ0) is 19.6. The number of aromatic nitrogens is 3. The summed E-state index contributed by atoms with van der Waals surface area (Å²) in [7, 11) is 0. The van der Waals surface area contributed by atoms with Gasteiger partial charge in [0, 0.05) is 60.4 Å². The molecule has 0 spiro atoms. The summed E-state index contributed by atoms with van der Waals surface area (Å²) in [6.45, 7) is 3.65. The van der Waals surface area contributed by atoms with Crippen LogP contribution in [-0.4, -0.2) is 47.0 Å². The van der Waals surface area contributed by atoms with Crippen LogP contribution in [0.1, 0.15) is 10.5 Å². The van der Waals surface area contributed by atoms with Crippen molar-refractivity contribution in [3.05, 3.63) is 60.0 Å². The molecular formula is C21H20N6OS. The van der Waals surface area contributed by atoms with Crippen molar-refractivity contribution < 1.29 is 4.79 Å². The minimum absolute atomic E-state index is 0.223. The summed E-state index contributed by atoms with van der Waals surface area (Å²) in [4.78, 5) is 27.0. The summed E-state index contributed by atoms with van der Waals surface area (Å²) in [6, 6.07) is 10.1. The number of thiazole rings is 1. The van der Waals surface area contributed by atoms with Crippen molar-refractivity contribution in [1.29, 1.82) is 0 Å². The van der Waals surface area contributed by atoms with Crippen LogP contribution in [0.15, 0.2) is 54.3 Å². The molecule has 0 bridgehead atoms. The second-order valence-electron chi connectivity index (χ2n) is 6.90. The van der Waals surface area contributed by atoms with Gasteiger partial charge in [-0.25, -0.2) is 4.98 Å². The average Bonchev–Trinajstić information content (AvgIpc) is 3.44. The fourth-order valence-electron chi connectivity index (χ4n) is 3.55. The third-order valence-electron chi connectivity index (χ3n) is 5.04. The molecule has 0 aliphatic carbocycles. The molecule has 7 nitrogen and oxygen atoms in total. The SMILES string of the molecule is O=C(Nc1cnccc1N1CCNCC1)c1csc(-c2ccc3[nH]ccc3c2)n1. The highest BCUT2D eigenvalue weighted by Crippen LogP contribution is 2.28. The monoisotopic (exact) mass is 404 g/mol. The molecule has 29 heavy (non-hydrogen) atoms. The molecule has 4 aromatic rings. The van der Waals surface area contributed by atoms with Gasteiger partial charge in [0.05, 0.1) is 17.6 Å². The van der Waals surface area contributed by atoms with Crippen LogP contribution >= 0.6 is 11.3 Å². The van der Waals surface area contributed by atoms with Crippen LogP contribution in [0, 0.1) is 0 Å². The summed E-state index contributed by atoms with van der Waals surface area (Å²) in [5.74, 6) is -0.223. The van der Waals surface area contributed by atoms with Crippen LogP contribution in [0.4, 0.5) is 11.4 Å². The van der Waals surface area contributed by atoms with Crippen molar-refractivity contribution in [3.63, 3.8) is 0 Å². The zero-order valence-electron chi connectivity index (χ0n) is 15.7. The van der Waals surface area contributed by atoms with E-state index in [2.05, 4.69) is 36.6 Å². The van der Waals surface area contributed by atoms with E-state index in [0.717, 1.165) is 53.3 Å². The Hall–Kier alpha value is -3.23. The van der Waals surface area contributed by atoms with Crippen LogP contribution in [-0.2, 0) is 0 Å². The number of H-pyrrole nitrogens is 1. The van der Waals surface area contributed by atoms with Crippen LogP contribution in [0.5, 0.6) is 0 Å². The number of fused-ring (bicyclic) bond motifs is 1. The first-order valence-electron chi connectivity index (χ1n) is 9.52. The molecule has 8 heteroatoms. The molecule has 1 saturated heterocycles. The van der Waals surface area contributed by atoms with Crippen molar-refractivity contribution in [2.45, 2.75) is 0 Å². The number of pyridine rings is 1. The summed E-state index contributed by atoms with van der Waals surface area (Å²) in [5, 5.41) is 10.1. The minimum Gasteiger partial charge on any atom is -0.367 e. The molecular weight excluding hydrogens is 384 g/mol. The van der Waals surface area contributed by atoms with Gasteiger partial charge in [0.2, 0.25) is 0 Å². The predicted molar refractivity (Wildman–Crippen MR) is 117 cm³/mol. The van der Waals surface area contributed by atoms with Gasteiger partial charge in [0.15, 0.2) is 0 Å². The Balaban J connectivity index is 1.37. The molecule has 0 radical (unpaired) electrons. The molecule has 5 rings (SSSR count). The number of piperazine rings is 1. The third kappa shape index (κ3) is 3.59. The van der Waals surface area contributed by atoms with E-state index in [1.165, 1.54) is 11.3 Å². The molecule has 0 atom stereocenters. The maximum atomic E-state index is 12.8. The normalized spacial score (nSPS) is 14.3. The van der Waals surface area contributed by atoms with Crippen LogP contribution in [0.3, 0.4) is 0 Å². The first-order chi connectivity index (χ1) is 14.3. The van der Waals surface area contributed by atoms with Gasteiger partial charge in [-0.1, -0.05) is 0 Å². The predicted octanol–water partition coefficient (Wildman–Crippen LogP) is 3.35. The van der Waals surface area contributed by atoms with Gasteiger partial charge in [0.1, 0.15) is 10.7 Å². The van der Waals surface area contributed by atoms with Crippen LogP contribution in [0.25, 0.3) is 21.5 Å². The van der Waals surface area contributed by atoms with Crippen molar-refractivity contribution in [2.75, 3.05) is 36.4 Å². The molecule has 1 amide bonds. The fraction of sp³-hybridized carbons (Fsp3) is 0.190. The lowest BCUT2D eigenvalue weighted by Gasteiger charge is -2.30. The van der Waals surface area contributed by atoms with Crippen LogP contribution < -0.4 is 15.5 Å². The fourth-order valence-corrected chi connectivity index (χ4v) is 4.35. The number of carbonyl (C=O) groups excluding carboxylic acids is 1. The van der Waals surface area contributed by atoms with Crippen molar-refractivity contribution in [3.8, 4) is 10.6 Å². The van der Waals surface area contributed by atoms with Crippen molar-refractivity contribution in [1.82, 2.24) is 20.3 Å². The molecule has 1 aromatic carbocycles. The van der Waals surface area contributed by atoms with Gasteiger partial charge in [-0.2, -0.15) is 0 Å². The zero-order valence-corrected chi connectivity index (χ0v) is 16.5. The molecule has 0 unspecified atom stereocenters. The van der Waals surface area contributed by atoms with Crippen molar-refractivity contribution >= 4 is 39.5 Å². The highest BCUT2D eigenvalue weighted by atomic mass is 32.1. The number of hydrogen-bond donors (Lipinski definition) is 3. The lowest BCUT2D eigenvalue weighted by atomic mass is 10.2. The number of rotatable bonds is 4. The molecule has 146 valence electrons. The lowest BCUT2D eigenvalue weighted by Crippen LogP contribution is -2.43. The number of hydrogen-bond acceptors (Lipinski definition) is 6. The van der Waals surface area contributed by atoms with Crippen molar-refractivity contribution in [2.24, 2.45) is 0 Å². The lowest BCUT2D eigenvalue weighted by molar-refractivity contribution is 0.102. The third-order valence-corrected chi connectivity index (χ3v) is 5.93. The van der Waals surface area contributed by atoms with Gasteiger partial charge in [-0.15, -0.1) is 11.3 Å². The molecule has 0 saturated carbocycles. The molecule has 3 aromatic heterocycles. The molecule has 1 aliphatic rings. The largest absolute Gasteiger partial charge is 0.367 e. The summed E-state index contributed by atoms with van der Waals surface area (Å²) < 4.78 is 0. The Kier molecular flexibility index (Phi) is 4.71. The summed E-state index contributed by atoms with van der Waals surface area (Å²) in [6.07, 6.45) is 5.37. The number of anilines is 2. The number of amides is 1. The number of nitrogens with zero attached hydrogens (tertiary/aromatic N) is 3. The first-order valence-corrected chi connectivity index (χ1v) is 10.4. The molecule has 3 N–H and O–H groups in total. The Morgan fingerprint density at radius 1 is 1.17 bits per heavy atom. The number of benzene rings is 1. The average molecular weight is 404 g/mol. The maximum Gasteiger partial charge on any atom is 0.275 e. The summed E-state index contributed by atoms with van der Waals surface area (Å²) in [5.41, 5.74) is 4.20. The van der Waals surface area contributed by atoms with E-state index >= 15 is 0 Å². The van der Waals surface area contributed by atoms with Crippen LogP contribution in [0.2, 0.25) is 0 Å². The molecule has 1 aliphatic heterocycles. The number of carbonyl (C=O) groups is 1. The second-order valence-corrected chi connectivity index (χ2v) is 7.76. The van der Waals surface area contributed by atoms with E-state index in [9.17, 15) is 4.79 Å².